The van der Waals surface area contributed by atoms with Crippen LogP contribution in [0.1, 0.15) is 0 Å². The summed E-state index contributed by atoms with van der Waals surface area (Å²) in [4.78, 5) is 21.3. The van der Waals surface area contributed by atoms with Crippen LogP contribution >= 0.6 is 0 Å². The molecule has 1 rings (SSSR count). The molecule has 74 valence electrons. The average Bonchev–Trinajstić information content (AvgIpc) is 2.29. The number of aliphatic hydroxyl groups excluding tert-OH is 2. The Morgan fingerprint density at radius 3 is 1.46 bits per heavy atom. The molecule has 1 fully saturated rings. The molecule has 0 radical (unpaired) electrons. The van der Waals surface area contributed by atoms with Gasteiger partial charge in [-0.05, 0) is 0 Å². The highest BCUT2D eigenvalue weighted by Gasteiger charge is 2.46. The van der Waals surface area contributed by atoms with Gasteiger partial charge >= 0.3 is 0 Å². The molecule has 0 saturated carbocycles. The first-order valence-corrected chi connectivity index (χ1v) is 3.66. The van der Waals surface area contributed by atoms with Gasteiger partial charge in [0.25, 0.3) is 0 Å². The van der Waals surface area contributed by atoms with Crippen molar-refractivity contribution in [3.8, 4) is 0 Å². The number of amides is 2. The lowest BCUT2D eigenvalue weighted by Gasteiger charge is -2.11. The molecule has 1 saturated heterocycles. The maximum absolute atomic E-state index is 10.7. The SMILES string of the molecule is NC(=O)C1NC(C(N)=O)C(O)C1O. The minimum absolute atomic E-state index is 0.838. The summed E-state index contributed by atoms with van der Waals surface area (Å²) in [6, 6.07) is -2.26. The zero-order valence-electron chi connectivity index (χ0n) is 6.68. The Morgan fingerprint density at radius 1 is 1.00 bits per heavy atom. The number of nitrogens with two attached hydrogens (primary N) is 2. The molecule has 0 aromatic heterocycles. The summed E-state index contributed by atoms with van der Waals surface area (Å²) in [6.07, 6.45) is -2.79. The number of nitrogens with one attached hydrogen (secondary N) is 1. The van der Waals surface area contributed by atoms with Crippen molar-refractivity contribution in [1.29, 1.82) is 0 Å². The van der Waals surface area contributed by atoms with Crippen LogP contribution in [0, 0.1) is 0 Å². The van der Waals surface area contributed by atoms with Crippen molar-refractivity contribution >= 4 is 11.8 Å². The minimum Gasteiger partial charge on any atom is -0.388 e. The average molecular weight is 189 g/mol. The fourth-order valence-electron chi connectivity index (χ4n) is 1.29. The highest BCUT2D eigenvalue weighted by molar-refractivity contribution is 5.86. The molecule has 0 aromatic rings. The van der Waals surface area contributed by atoms with E-state index >= 15 is 0 Å². The van der Waals surface area contributed by atoms with Gasteiger partial charge in [-0.3, -0.25) is 14.9 Å². The quantitative estimate of drug-likeness (QED) is 0.301. The van der Waals surface area contributed by atoms with Crippen molar-refractivity contribution in [2.75, 3.05) is 0 Å². The van der Waals surface area contributed by atoms with E-state index < -0.39 is 36.1 Å². The minimum atomic E-state index is -1.39. The van der Waals surface area contributed by atoms with Crippen LogP contribution in [0.2, 0.25) is 0 Å². The Morgan fingerprint density at radius 2 is 1.31 bits per heavy atom. The zero-order chi connectivity index (χ0) is 10.2. The lowest BCUT2D eigenvalue weighted by Crippen LogP contribution is -2.47. The van der Waals surface area contributed by atoms with Crippen LogP contribution in [0.3, 0.4) is 0 Å². The lowest BCUT2D eigenvalue weighted by atomic mass is 10.1. The van der Waals surface area contributed by atoms with E-state index in [2.05, 4.69) is 5.32 Å². The zero-order valence-corrected chi connectivity index (χ0v) is 6.68. The molecule has 1 aliphatic heterocycles. The van der Waals surface area contributed by atoms with Gasteiger partial charge in [-0.15, -0.1) is 0 Å². The molecule has 2 amide bonds. The van der Waals surface area contributed by atoms with E-state index in [-0.39, 0.29) is 0 Å². The number of primary amides is 2. The van der Waals surface area contributed by atoms with Gasteiger partial charge in [0, 0.05) is 0 Å². The number of aliphatic hydroxyl groups is 2. The van der Waals surface area contributed by atoms with Gasteiger partial charge in [-0.25, -0.2) is 0 Å². The predicted octanol–water partition coefficient (Wildman–Crippen LogP) is -3.98. The van der Waals surface area contributed by atoms with Crippen LogP contribution in [-0.4, -0.2) is 46.3 Å². The van der Waals surface area contributed by atoms with E-state index in [1.54, 1.807) is 0 Å². The Balaban J connectivity index is 2.78. The van der Waals surface area contributed by atoms with E-state index in [1.807, 2.05) is 0 Å². The van der Waals surface area contributed by atoms with Gasteiger partial charge in [-0.2, -0.15) is 0 Å². The first-order chi connectivity index (χ1) is 5.95. The van der Waals surface area contributed by atoms with Crippen LogP contribution in [0.15, 0.2) is 0 Å². The summed E-state index contributed by atoms with van der Waals surface area (Å²) in [6.45, 7) is 0. The van der Waals surface area contributed by atoms with Crippen molar-refractivity contribution in [2.24, 2.45) is 11.5 Å². The fourth-order valence-corrected chi connectivity index (χ4v) is 1.29. The Kier molecular flexibility index (Phi) is 2.50. The summed E-state index contributed by atoms with van der Waals surface area (Å²) >= 11 is 0. The smallest absolute Gasteiger partial charge is 0.237 e. The van der Waals surface area contributed by atoms with Crippen molar-refractivity contribution in [1.82, 2.24) is 5.32 Å². The van der Waals surface area contributed by atoms with Gasteiger partial charge < -0.3 is 21.7 Å². The van der Waals surface area contributed by atoms with Gasteiger partial charge in [0.2, 0.25) is 11.8 Å². The maximum atomic E-state index is 10.7. The standard InChI is InChI=1S/C6H11N3O4/c7-5(12)1-3(10)4(11)2(9-1)6(8)13/h1-4,9-11H,(H2,7,12)(H2,8,13). The molecule has 0 bridgehead atoms. The fraction of sp³-hybridized carbons (Fsp3) is 0.667. The van der Waals surface area contributed by atoms with Gasteiger partial charge in [-0.1, -0.05) is 0 Å². The first-order valence-electron chi connectivity index (χ1n) is 3.66. The molecule has 7 heteroatoms. The third-order valence-electron chi connectivity index (χ3n) is 2.01. The maximum Gasteiger partial charge on any atom is 0.237 e. The molecule has 0 aromatic carbocycles. The van der Waals surface area contributed by atoms with Crippen molar-refractivity contribution in [3.05, 3.63) is 0 Å². The van der Waals surface area contributed by atoms with Crippen LogP contribution in [0.25, 0.3) is 0 Å². The molecule has 1 aliphatic rings. The summed E-state index contributed by atoms with van der Waals surface area (Å²) < 4.78 is 0. The number of carbonyl (C=O) groups excluding carboxylic acids is 2. The second-order valence-electron chi connectivity index (χ2n) is 2.91. The van der Waals surface area contributed by atoms with Crippen molar-refractivity contribution in [3.63, 3.8) is 0 Å². The largest absolute Gasteiger partial charge is 0.388 e. The molecule has 7 N–H and O–H groups in total. The molecule has 7 nitrogen and oxygen atoms in total. The number of hydrogen-bond donors (Lipinski definition) is 5. The second kappa shape index (κ2) is 3.29. The van der Waals surface area contributed by atoms with Gasteiger partial charge in [0.1, 0.15) is 24.3 Å². The molecule has 0 aliphatic carbocycles. The van der Waals surface area contributed by atoms with E-state index in [4.69, 9.17) is 11.5 Å². The Hall–Kier alpha value is -1.18. The van der Waals surface area contributed by atoms with E-state index in [0.29, 0.717) is 0 Å². The van der Waals surface area contributed by atoms with E-state index in [1.165, 1.54) is 0 Å². The van der Waals surface area contributed by atoms with Crippen molar-refractivity contribution in [2.45, 2.75) is 24.3 Å². The highest BCUT2D eigenvalue weighted by Crippen LogP contribution is 2.13. The predicted molar refractivity (Wildman–Crippen MR) is 41.1 cm³/mol. The molecular weight excluding hydrogens is 178 g/mol. The van der Waals surface area contributed by atoms with Crippen LogP contribution in [-0.2, 0) is 9.59 Å². The van der Waals surface area contributed by atoms with Crippen LogP contribution in [0.4, 0.5) is 0 Å². The normalized spacial score (nSPS) is 38.9. The topological polar surface area (TPSA) is 139 Å². The lowest BCUT2D eigenvalue weighted by molar-refractivity contribution is -0.123. The molecule has 4 atom stereocenters. The molecule has 13 heavy (non-hydrogen) atoms. The molecule has 1 heterocycles. The highest BCUT2D eigenvalue weighted by atomic mass is 16.3. The Bertz CT molecular complexity index is 220. The number of hydrogen-bond acceptors (Lipinski definition) is 5. The summed E-state index contributed by atoms with van der Waals surface area (Å²) in [5, 5.41) is 20.8. The van der Waals surface area contributed by atoms with E-state index in [9.17, 15) is 19.8 Å². The Labute approximate surface area is 73.7 Å². The van der Waals surface area contributed by atoms with Gasteiger partial charge in [0.05, 0.1) is 0 Å². The van der Waals surface area contributed by atoms with E-state index in [0.717, 1.165) is 0 Å². The van der Waals surface area contributed by atoms with Crippen LogP contribution in [0.5, 0.6) is 0 Å². The number of rotatable bonds is 2. The monoisotopic (exact) mass is 189 g/mol. The first kappa shape index (κ1) is 9.90. The third-order valence-corrected chi connectivity index (χ3v) is 2.01. The van der Waals surface area contributed by atoms with Gasteiger partial charge in [0.15, 0.2) is 0 Å². The number of carbonyl (C=O) groups is 2. The van der Waals surface area contributed by atoms with Crippen LogP contribution < -0.4 is 16.8 Å². The molecule has 0 spiro atoms. The third kappa shape index (κ3) is 1.62. The van der Waals surface area contributed by atoms with Crippen molar-refractivity contribution < 1.29 is 19.8 Å². The second-order valence-corrected chi connectivity index (χ2v) is 2.91. The summed E-state index contributed by atoms with van der Waals surface area (Å²) in [5.74, 6) is -1.68. The molecular formula is C6H11N3O4. The summed E-state index contributed by atoms with van der Waals surface area (Å²) in [5.41, 5.74) is 9.78. The molecule has 4 unspecified atom stereocenters. The summed E-state index contributed by atoms with van der Waals surface area (Å²) in [7, 11) is 0.